The number of anilines is 1. The SMILES string of the molecule is CN(C)C(=O)c1cc(-c2ccccc2F)cc2c1OCCN2Cc1cccnc1. The van der Waals surface area contributed by atoms with E-state index in [-0.39, 0.29) is 11.7 Å². The van der Waals surface area contributed by atoms with E-state index in [0.29, 0.717) is 42.1 Å². The van der Waals surface area contributed by atoms with Gasteiger partial charge in [0.2, 0.25) is 0 Å². The van der Waals surface area contributed by atoms with Crippen molar-refractivity contribution >= 4 is 11.6 Å². The predicted octanol–water partition coefficient (Wildman–Crippen LogP) is 3.99. The summed E-state index contributed by atoms with van der Waals surface area (Å²) in [5.74, 6) is 0.0350. The number of carbonyl (C=O) groups excluding carboxylic acids is 1. The van der Waals surface area contributed by atoms with Crippen LogP contribution in [0.4, 0.5) is 10.1 Å². The molecule has 0 spiro atoms. The minimum Gasteiger partial charge on any atom is -0.489 e. The molecule has 0 saturated carbocycles. The second-order valence-corrected chi connectivity index (χ2v) is 7.18. The summed E-state index contributed by atoms with van der Waals surface area (Å²) in [5, 5.41) is 0. The fraction of sp³-hybridized carbons (Fsp3) is 0.217. The van der Waals surface area contributed by atoms with Crippen molar-refractivity contribution in [1.82, 2.24) is 9.88 Å². The number of ether oxygens (including phenoxy) is 1. The van der Waals surface area contributed by atoms with E-state index in [9.17, 15) is 9.18 Å². The van der Waals surface area contributed by atoms with Crippen LogP contribution in [0.3, 0.4) is 0 Å². The lowest BCUT2D eigenvalue weighted by Crippen LogP contribution is -2.34. The Hall–Kier alpha value is -3.41. The summed E-state index contributed by atoms with van der Waals surface area (Å²) in [7, 11) is 3.39. The topological polar surface area (TPSA) is 45.7 Å². The molecule has 0 N–H and O–H groups in total. The van der Waals surface area contributed by atoms with Crippen LogP contribution in [0.1, 0.15) is 15.9 Å². The van der Waals surface area contributed by atoms with Gasteiger partial charge in [-0.25, -0.2) is 4.39 Å². The molecule has 0 bridgehead atoms. The first-order valence-corrected chi connectivity index (χ1v) is 9.46. The Labute approximate surface area is 169 Å². The van der Waals surface area contributed by atoms with E-state index in [0.717, 1.165) is 11.3 Å². The average molecular weight is 391 g/mol. The average Bonchev–Trinajstić information content (AvgIpc) is 2.74. The molecule has 1 aromatic heterocycles. The molecule has 4 rings (SSSR count). The summed E-state index contributed by atoms with van der Waals surface area (Å²) in [6.07, 6.45) is 3.56. The number of hydrogen-bond donors (Lipinski definition) is 0. The van der Waals surface area contributed by atoms with Crippen molar-refractivity contribution in [3.63, 3.8) is 0 Å². The number of halogens is 1. The molecule has 6 heteroatoms. The Balaban J connectivity index is 1.86. The summed E-state index contributed by atoms with van der Waals surface area (Å²) in [4.78, 5) is 20.7. The molecule has 2 aromatic carbocycles. The fourth-order valence-electron chi connectivity index (χ4n) is 3.51. The van der Waals surface area contributed by atoms with E-state index >= 15 is 0 Å². The van der Waals surface area contributed by atoms with Gasteiger partial charge < -0.3 is 14.5 Å². The van der Waals surface area contributed by atoms with Crippen LogP contribution >= 0.6 is 0 Å². The third-order valence-electron chi connectivity index (χ3n) is 4.94. The molecule has 29 heavy (non-hydrogen) atoms. The molecule has 0 aliphatic carbocycles. The van der Waals surface area contributed by atoms with Gasteiger partial charge in [0.15, 0.2) is 5.75 Å². The Morgan fingerprint density at radius 2 is 2.03 bits per heavy atom. The first-order chi connectivity index (χ1) is 14.0. The Morgan fingerprint density at radius 1 is 1.21 bits per heavy atom. The molecule has 148 valence electrons. The molecule has 0 unspecified atom stereocenters. The van der Waals surface area contributed by atoms with Crippen LogP contribution in [0.2, 0.25) is 0 Å². The van der Waals surface area contributed by atoms with Crippen molar-refractivity contribution in [1.29, 1.82) is 0 Å². The van der Waals surface area contributed by atoms with Crippen molar-refractivity contribution in [2.24, 2.45) is 0 Å². The minimum atomic E-state index is -0.328. The second-order valence-electron chi connectivity index (χ2n) is 7.18. The first kappa shape index (κ1) is 18.9. The molecule has 0 atom stereocenters. The summed E-state index contributed by atoms with van der Waals surface area (Å²) in [5.41, 5.74) is 3.37. The van der Waals surface area contributed by atoms with Crippen molar-refractivity contribution in [3.8, 4) is 16.9 Å². The highest BCUT2D eigenvalue weighted by Crippen LogP contribution is 2.40. The Morgan fingerprint density at radius 3 is 2.76 bits per heavy atom. The maximum absolute atomic E-state index is 14.5. The minimum absolute atomic E-state index is 0.178. The third-order valence-corrected chi connectivity index (χ3v) is 4.94. The molecule has 0 radical (unpaired) electrons. The molecule has 3 aromatic rings. The fourth-order valence-corrected chi connectivity index (χ4v) is 3.51. The lowest BCUT2D eigenvalue weighted by atomic mass is 9.98. The monoisotopic (exact) mass is 391 g/mol. The van der Waals surface area contributed by atoms with E-state index in [1.54, 1.807) is 44.6 Å². The van der Waals surface area contributed by atoms with Gasteiger partial charge in [-0.1, -0.05) is 24.3 Å². The number of rotatable bonds is 4. The molecular formula is C23H22FN3O2. The van der Waals surface area contributed by atoms with Crippen LogP contribution in [0, 0.1) is 5.82 Å². The zero-order valence-electron chi connectivity index (χ0n) is 16.4. The number of benzene rings is 2. The quantitative estimate of drug-likeness (QED) is 0.675. The standard InChI is InChI=1S/C23H22FN3O2/c1-26(2)23(28)19-12-17(18-7-3-4-8-20(18)24)13-21-22(19)29-11-10-27(21)15-16-6-5-9-25-14-16/h3-9,12-14H,10-11,15H2,1-2H3. The molecule has 0 saturated heterocycles. The number of nitrogens with zero attached hydrogens (tertiary/aromatic N) is 3. The number of pyridine rings is 1. The highest BCUT2D eigenvalue weighted by Gasteiger charge is 2.27. The zero-order valence-corrected chi connectivity index (χ0v) is 16.4. The van der Waals surface area contributed by atoms with E-state index in [1.807, 2.05) is 24.4 Å². The number of fused-ring (bicyclic) bond motifs is 1. The van der Waals surface area contributed by atoms with Gasteiger partial charge in [0.1, 0.15) is 12.4 Å². The number of hydrogen-bond acceptors (Lipinski definition) is 4. The third kappa shape index (κ3) is 3.78. The lowest BCUT2D eigenvalue weighted by molar-refractivity contribution is 0.0823. The molecular weight excluding hydrogens is 369 g/mol. The van der Waals surface area contributed by atoms with Crippen LogP contribution in [0.25, 0.3) is 11.1 Å². The van der Waals surface area contributed by atoms with Gasteiger partial charge in [-0.3, -0.25) is 9.78 Å². The van der Waals surface area contributed by atoms with Crippen LogP contribution in [-0.2, 0) is 6.54 Å². The van der Waals surface area contributed by atoms with E-state index in [2.05, 4.69) is 9.88 Å². The van der Waals surface area contributed by atoms with Gasteiger partial charge in [-0.05, 0) is 35.4 Å². The molecule has 5 nitrogen and oxygen atoms in total. The molecule has 1 aliphatic heterocycles. The van der Waals surface area contributed by atoms with Gasteiger partial charge in [0.05, 0.1) is 17.8 Å². The van der Waals surface area contributed by atoms with Crippen molar-refractivity contribution in [2.75, 3.05) is 32.1 Å². The summed E-state index contributed by atoms with van der Waals surface area (Å²) < 4.78 is 20.4. The van der Waals surface area contributed by atoms with E-state index < -0.39 is 0 Å². The molecule has 2 heterocycles. The largest absolute Gasteiger partial charge is 0.489 e. The number of aromatic nitrogens is 1. The smallest absolute Gasteiger partial charge is 0.257 e. The summed E-state index contributed by atoms with van der Waals surface area (Å²) >= 11 is 0. The van der Waals surface area contributed by atoms with E-state index in [4.69, 9.17) is 4.74 Å². The normalized spacial score (nSPS) is 12.9. The van der Waals surface area contributed by atoms with Crippen LogP contribution in [0.5, 0.6) is 5.75 Å². The van der Waals surface area contributed by atoms with Crippen molar-refractivity contribution in [3.05, 3.63) is 77.9 Å². The molecule has 1 amide bonds. The van der Waals surface area contributed by atoms with Gasteiger partial charge in [0.25, 0.3) is 5.91 Å². The summed E-state index contributed by atoms with van der Waals surface area (Å²) in [6.45, 7) is 1.76. The van der Waals surface area contributed by atoms with Crippen LogP contribution in [0.15, 0.2) is 60.9 Å². The van der Waals surface area contributed by atoms with Crippen molar-refractivity contribution in [2.45, 2.75) is 6.54 Å². The Kier molecular flexibility index (Phi) is 5.16. The van der Waals surface area contributed by atoms with Crippen LogP contribution < -0.4 is 9.64 Å². The van der Waals surface area contributed by atoms with Crippen molar-refractivity contribution < 1.29 is 13.9 Å². The predicted molar refractivity (Wildman–Crippen MR) is 111 cm³/mol. The maximum Gasteiger partial charge on any atom is 0.257 e. The van der Waals surface area contributed by atoms with Gasteiger partial charge >= 0.3 is 0 Å². The molecule has 1 aliphatic rings. The van der Waals surface area contributed by atoms with Crippen LogP contribution in [-0.4, -0.2) is 43.0 Å². The highest BCUT2D eigenvalue weighted by molar-refractivity contribution is 6.00. The van der Waals surface area contributed by atoms with Gasteiger partial charge in [0, 0.05) is 38.6 Å². The second kappa shape index (κ2) is 7.91. The zero-order chi connectivity index (χ0) is 20.4. The number of amides is 1. The first-order valence-electron chi connectivity index (χ1n) is 9.46. The molecule has 0 fully saturated rings. The Bertz CT molecular complexity index is 1040. The maximum atomic E-state index is 14.5. The summed E-state index contributed by atoms with van der Waals surface area (Å²) in [6, 6.07) is 14.1. The number of carbonyl (C=O) groups is 1. The highest BCUT2D eigenvalue weighted by atomic mass is 19.1. The van der Waals surface area contributed by atoms with E-state index in [1.165, 1.54) is 11.0 Å². The lowest BCUT2D eigenvalue weighted by Gasteiger charge is -2.33. The van der Waals surface area contributed by atoms with Gasteiger partial charge in [-0.2, -0.15) is 0 Å². The van der Waals surface area contributed by atoms with Gasteiger partial charge in [-0.15, -0.1) is 0 Å².